The van der Waals surface area contributed by atoms with E-state index in [1.807, 2.05) is 35.8 Å². The second kappa shape index (κ2) is 8.69. The van der Waals surface area contributed by atoms with Gasteiger partial charge >= 0.3 is 5.97 Å². The maximum Gasteiger partial charge on any atom is 0.328 e. The van der Waals surface area contributed by atoms with Crippen molar-refractivity contribution in [2.24, 2.45) is 0 Å². The number of hydrogen-bond acceptors (Lipinski definition) is 3. The Balaban J connectivity index is 1.91. The van der Waals surface area contributed by atoms with Gasteiger partial charge in [0.1, 0.15) is 11.9 Å². The fourth-order valence-corrected chi connectivity index (χ4v) is 3.26. The van der Waals surface area contributed by atoms with Gasteiger partial charge < -0.3 is 14.6 Å². The van der Waals surface area contributed by atoms with Crippen molar-refractivity contribution >= 4 is 22.8 Å². The molecule has 146 valence electrons. The molecule has 0 unspecified atom stereocenters. The van der Waals surface area contributed by atoms with E-state index >= 15 is 0 Å². The monoisotopic (exact) mass is 382 g/mol. The van der Waals surface area contributed by atoms with E-state index in [9.17, 15) is 14.0 Å². The van der Waals surface area contributed by atoms with Gasteiger partial charge in [0.15, 0.2) is 0 Å². The van der Waals surface area contributed by atoms with Gasteiger partial charge in [0.25, 0.3) is 5.91 Å². The molecule has 1 N–H and O–H groups in total. The molecule has 28 heavy (non-hydrogen) atoms. The molecular formula is C22H23FN2O3. The summed E-state index contributed by atoms with van der Waals surface area (Å²) in [5.41, 5.74) is 2.30. The van der Waals surface area contributed by atoms with Crippen LogP contribution in [0.1, 0.15) is 35.7 Å². The number of rotatable bonds is 7. The van der Waals surface area contributed by atoms with Crippen molar-refractivity contribution < 1.29 is 18.7 Å². The average molecular weight is 382 g/mol. The molecule has 0 bridgehead atoms. The van der Waals surface area contributed by atoms with E-state index in [4.69, 9.17) is 4.74 Å². The second-order valence-corrected chi connectivity index (χ2v) is 6.65. The van der Waals surface area contributed by atoms with E-state index < -0.39 is 12.0 Å². The maximum absolute atomic E-state index is 13.2. The van der Waals surface area contributed by atoms with Crippen LogP contribution in [0.5, 0.6) is 0 Å². The summed E-state index contributed by atoms with van der Waals surface area (Å²) < 4.78 is 19.9. The van der Waals surface area contributed by atoms with E-state index in [2.05, 4.69) is 5.32 Å². The van der Waals surface area contributed by atoms with Gasteiger partial charge in [-0.05, 0) is 30.2 Å². The Morgan fingerprint density at radius 3 is 2.54 bits per heavy atom. The lowest BCUT2D eigenvalue weighted by Crippen LogP contribution is -2.41. The number of amides is 1. The summed E-state index contributed by atoms with van der Waals surface area (Å²) in [6.07, 6.45) is 3.02. The van der Waals surface area contributed by atoms with Crippen LogP contribution in [-0.2, 0) is 16.1 Å². The third-order valence-electron chi connectivity index (χ3n) is 4.67. The number of fused-ring (bicyclic) bond motifs is 1. The standard InChI is InChI=1S/C22H23FN2O3/c1-3-6-19(22(27)28-2)24-21(26)18-14-25(20-8-5-4-7-17(18)20)13-15-9-11-16(23)12-10-15/h4-5,7-12,14,19H,3,6,13H2,1-2H3,(H,24,26)/t19-/m0/s1. The number of hydrogen-bond donors (Lipinski definition) is 1. The Morgan fingerprint density at radius 1 is 1.14 bits per heavy atom. The first-order valence-corrected chi connectivity index (χ1v) is 9.24. The molecule has 0 aliphatic carbocycles. The van der Waals surface area contributed by atoms with Crippen LogP contribution >= 0.6 is 0 Å². The summed E-state index contributed by atoms with van der Waals surface area (Å²) in [4.78, 5) is 24.8. The van der Waals surface area contributed by atoms with Gasteiger partial charge in [-0.2, -0.15) is 0 Å². The Kier molecular flexibility index (Phi) is 6.09. The summed E-state index contributed by atoms with van der Waals surface area (Å²) >= 11 is 0. The zero-order chi connectivity index (χ0) is 20.1. The molecule has 2 aromatic carbocycles. The highest BCUT2D eigenvalue weighted by atomic mass is 19.1. The number of esters is 1. The molecule has 0 fully saturated rings. The van der Waals surface area contributed by atoms with E-state index in [1.54, 1.807) is 18.3 Å². The first-order chi connectivity index (χ1) is 13.5. The van der Waals surface area contributed by atoms with E-state index in [0.717, 1.165) is 22.9 Å². The fourth-order valence-electron chi connectivity index (χ4n) is 3.26. The Labute approximate surface area is 163 Å². The molecule has 3 aromatic rings. The minimum absolute atomic E-state index is 0.286. The number of para-hydroxylation sites is 1. The van der Waals surface area contributed by atoms with Crippen molar-refractivity contribution in [1.82, 2.24) is 9.88 Å². The number of carbonyl (C=O) groups is 2. The largest absolute Gasteiger partial charge is 0.467 e. The third-order valence-corrected chi connectivity index (χ3v) is 4.67. The normalized spacial score (nSPS) is 12.0. The number of nitrogens with one attached hydrogen (secondary N) is 1. The van der Waals surface area contributed by atoms with Crippen LogP contribution in [0.3, 0.4) is 0 Å². The molecule has 0 saturated carbocycles. The number of benzene rings is 2. The molecule has 5 nitrogen and oxygen atoms in total. The van der Waals surface area contributed by atoms with Gasteiger partial charge in [-0.15, -0.1) is 0 Å². The van der Waals surface area contributed by atoms with Crippen LogP contribution in [0.4, 0.5) is 4.39 Å². The predicted molar refractivity (Wildman–Crippen MR) is 106 cm³/mol. The molecular weight excluding hydrogens is 359 g/mol. The lowest BCUT2D eigenvalue weighted by atomic mass is 10.1. The molecule has 6 heteroatoms. The lowest BCUT2D eigenvalue weighted by Gasteiger charge is -2.15. The molecule has 0 spiro atoms. The van der Waals surface area contributed by atoms with Gasteiger partial charge in [-0.3, -0.25) is 4.79 Å². The highest BCUT2D eigenvalue weighted by molar-refractivity contribution is 6.08. The Bertz CT molecular complexity index is 979. The fraction of sp³-hybridized carbons (Fsp3) is 0.273. The first-order valence-electron chi connectivity index (χ1n) is 9.24. The average Bonchev–Trinajstić information content (AvgIpc) is 3.07. The number of nitrogens with zero attached hydrogens (tertiary/aromatic N) is 1. The van der Waals surface area contributed by atoms with Crippen LogP contribution in [0, 0.1) is 5.82 Å². The maximum atomic E-state index is 13.2. The summed E-state index contributed by atoms with van der Waals surface area (Å²) in [5, 5.41) is 3.58. The second-order valence-electron chi connectivity index (χ2n) is 6.65. The van der Waals surface area contributed by atoms with E-state index in [0.29, 0.717) is 18.5 Å². The SMILES string of the molecule is CCC[C@H](NC(=O)c1cn(Cc2ccc(F)cc2)c2ccccc12)C(=O)OC. The van der Waals surface area contributed by atoms with E-state index in [1.165, 1.54) is 19.2 Å². The summed E-state index contributed by atoms with van der Waals surface area (Å²) in [7, 11) is 1.31. The van der Waals surface area contributed by atoms with Gasteiger partial charge in [0, 0.05) is 23.6 Å². The minimum Gasteiger partial charge on any atom is -0.467 e. The molecule has 0 aliphatic heterocycles. The molecule has 1 heterocycles. The summed E-state index contributed by atoms with van der Waals surface area (Å²) in [6.45, 7) is 2.44. The minimum atomic E-state index is -0.679. The number of ether oxygens (including phenoxy) is 1. The summed E-state index contributed by atoms with van der Waals surface area (Å²) in [5.74, 6) is -1.06. The molecule has 0 radical (unpaired) electrons. The molecule has 1 atom stereocenters. The van der Waals surface area contributed by atoms with Gasteiger partial charge in [0.05, 0.1) is 12.7 Å². The number of carbonyl (C=O) groups excluding carboxylic acids is 2. The lowest BCUT2D eigenvalue weighted by molar-refractivity contribution is -0.143. The van der Waals surface area contributed by atoms with Crippen LogP contribution < -0.4 is 5.32 Å². The predicted octanol–water partition coefficient (Wildman–Crippen LogP) is 3.90. The highest BCUT2D eigenvalue weighted by Gasteiger charge is 2.23. The van der Waals surface area contributed by atoms with Crippen LogP contribution in [0.15, 0.2) is 54.7 Å². The smallest absolute Gasteiger partial charge is 0.328 e. The van der Waals surface area contributed by atoms with Crippen molar-refractivity contribution in [2.45, 2.75) is 32.4 Å². The topological polar surface area (TPSA) is 60.3 Å². The number of aromatic nitrogens is 1. The van der Waals surface area contributed by atoms with Gasteiger partial charge in [-0.1, -0.05) is 43.7 Å². The Morgan fingerprint density at radius 2 is 1.86 bits per heavy atom. The van der Waals surface area contributed by atoms with Crippen LogP contribution in [0.25, 0.3) is 10.9 Å². The number of methoxy groups -OCH3 is 1. The quantitative estimate of drug-likeness (QED) is 0.631. The third kappa shape index (κ3) is 4.22. The van der Waals surface area contributed by atoms with Crippen molar-refractivity contribution in [3.63, 3.8) is 0 Å². The van der Waals surface area contributed by atoms with Crippen molar-refractivity contribution in [2.75, 3.05) is 7.11 Å². The molecule has 1 amide bonds. The van der Waals surface area contributed by atoms with Crippen molar-refractivity contribution in [1.29, 1.82) is 0 Å². The molecule has 0 aliphatic rings. The molecule has 1 aromatic heterocycles. The first kappa shape index (κ1) is 19.6. The molecule has 3 rings (SSSR count). The van der Waals surface area contributed by atoms with E-state index in [-0.39, 0.29) is 11.7 Å². The zero-order valence-corrected chi connectivity index (χ0v) is 15.9. The Hall–Kier alpha value is -3.15. The number of halogens is 1. The summed E-state index contributed by atoms with van der Waals surface area (Å²) in [6, 6.07) is 13.2. The van der Waals surface area contributed by atoms with Gasteiger partial charge in [-0.25, -0.2) is 9.18 Å². The highest BCUT2D eigenvalue weighted by Crippen LogP contribution is 2.23. The van der Waals surface area contributed by atoms with Crippen molar-refractivity contribution in [3.8, 4) is 0 Å². The van der Waals surface area contributed by atoms with Crippen LogP contribution in [-0.4, -0.2) is 29.6 Å². The van der Waals surface area contributed by atoms with Crippen molar-refractivity contribution in [3.05, 3.63) is 71.7 Å². The molecule has 0 saturated heterocycles. The van der Waals surface area contributed by atoms with Gasteiger partial charge in [0.2, 0.25) is 0 Å². The van der Waals surface area contributed by atoms with Crippen LogP contribution in [0.2, 0.25) is 0 Å². The zero-order valence-electron chi connectivity index (χ0n) is 15.9.